The van der Waals surface area contributed by atoms with Crippen LogP contribution in [0.3, 0.4) is 0 Å². The maximum absolute atomic E-state index is 10.1. The summed E-state index contributed by atoms with van der Waals surface area (Å²) >= 11 is 0. The molecule has 3 rings (SSSR count). The van der Waals surface area contributed by atoms with Crippen molar-refractivity contribution in [2.24, 2.45) is 5.92 Å². The molecule has 0 amide bonds. The fourth-order valence-corrected chi connectivity index (χ4v) is 4.07. The highest BCUT2D eigenvalue weighted by atomic mass is 16.3. The summed E-state index contributed by atoms with van der Waals surface area (Å²) in [5, 5.41) is 29.1. The van der Waals surface area contributed by atoms with E-state index in [0.29, 0.717) is 18.1 Å². The van der Waals surface area contributed by atoms with Gasteiger partial charge in [-0.1, -0.05) is 37.3 Å². The fraction of sp³-hybridized carbons (Fsp3) is 0.455. The highest BCUT2D eigenvalue weighted by Gasteiger charge is 2.28. The van der Waals surface area contributed by atoms with Crippen LogP contribution in [0, 0.1) is 5.92 Å². The Labute approximate surface area is 150 Å². The lowest BCUT2D eigenvalue weighted by molar-refractivity contribution is 0.0650. The van der Waals surface area contributed by atoms with Crippen LogP contribution in [0.2, 0.25) is 0 Å². The van der Waals surface area contributed by atoms with Crippen LogP contribution < -0.4 is 0 Å². The first kappa shape index (κ1) is 18.0. The summed E-state index contributed by atoms with van der Waals surface area (Å²) in [4.78, 5) is 0. The minimum Gasteiger partial charge on any atom is -0.508 e. The van der Waals surface area contributed by atoms with Gasteiger partial charge in [0.2, 0.25) is 0 Å². The molecule has 0 heterocycles. The zero-order chi connectivity index (χ0) is 17.8. The number of hydrogen-bond acceptors (Lipinski definition) is 3. The Hall–Kier alpha value is -1.84. The third-order valence-corrected chi connectivity index (χ3v) is 5.45. The second-order valence-corrected chi connectivity index (χ2v) is 7.33. The second kappa shape index (κ2) is 8.03. The summed E-state index contributed by atoms with van der Waals surface area (Å²) in [7, 11) is 0. The molecular weight excluding hydrogens is 312 g/mol. The van der Waals surface area contributed by atoms with Crippen molar-refractivity contribution in [1.82, 2.24) is 0 Å². The van der Waals surface area contributed by atoms with Crippen LogP contribution >= 0.6 is 0 Å². The van der Waals surface area contributed by atoms with E-state index < -0.39 is 0 Å². The van der Waals surface area contributed by atoms with Gasteiger partial charge in [0, 0.05) is 6.61 Å². The number of aryl methyl sites for hydroxylation is 1. The first-order chi connectivity index (χ1) is 12.1. The Kier molecular flexibility index (Phi) is 5.77. The Morgan fingerprint density at radius 3 is 2.40 bits per heavy atom. The monoisotopic (exact) mass is 340 g/mol. The van der Waals surface area contributed by atoms with Crippen molar-refractivity contribution in [3.63, 3.8) is 0 Å². The van der Waals surface area contributed by atoms with E-state index >= 15 is 0 Å². The molecule has 3 N–H and O–H groups in total. The van der Waals surface area contributed by atoms with Crippen LogP contribution in [0.25, 0.3) is 0 Å². The highest BCUT2D eigenvalue weighted by molar-refractivity contribution is 5.38. The van der Waals surface area contributed by atoms with Crippen LogP contribution in [-0.2, 0) is 12.8 Å². The fourth-order valence-electron chi connectivity index (χ4n) is 4.07. The minimum absolute atomic E-state index is 0.154. The average molecular weight is 340 g/mol. The van der Waals surface area contributed by atoms with Crippen molar-refractivity contribution in [2.45, 2.75) is 51.0 Å². The Balaban J connectivity index is 1.85. The van der Waals surface area contributed by atoms with Gasteiger partial charge in [-0.25, -0.2) is 0 Å². The number of rotatable bonds is 5. The standard InChI is InChI=1S/C22H28O3/c1-2-17-5-6-18(20-10-16(14-23)11-22(25)13-20)12-19(17)9-15-3-7-21(24)8-4-15/h3-8,12,16,20,22-25H,2,9-11,13-14H2,1H3. The van der Waals surface area contributed by atoms with Gasteiger partial charge < -0.3 is 15.3 Å². The van der Waals surface area contributed by atoms with Gasteiger partial charge in [0.15, 0.2) is 0 Å². The predicted octanol–water partition coefficient (Wildman–Crippen LogP) is 3.78. The Morgan fingerprint density at radius 1 is 0.960 bits per heavy atom. The van der Waals surface area contributed by atoms with Crippen LogP contribution in [0.4, 0.5) is 0 Å². The predicted molar refractivity (Wildman–Crippen MR) is 99.9 cm³/mol. The number of phenols is 1. The van der Waals surface area contributed by atoms with E-state index in [0.717, 1.165) is 25.7 Å². The van der Waals surface area contributed by atoms with Crippen molar-refractivity contribution in [1.29, 1.82) is 0 Å². The van der Waals surface area contributed by atoms with Crippen LogP contribution in [0.1, 0.15) is 54.4 Å². The molecule has 3 heteroatoms. The van der Waals surface area contributed by atoms with Crippen molar-refractivity contribution in [2.75, 3.05) is 6.61 Å². The molecule has 0 aromatic heterocycles. The molecule has 2 aromatic carbocycles. The van der Waals surface area contributed by atoms with E-state index in [1.807, 2.05) is 12.1 Å². The van der Waals surface area contributed by atoms with Crippen molar-refractivity contribution in [3.8, 4) is 5.75 Å². The van der Waals surface area contributed by atoms with Crippen LogP contribution in [0.15, 0.2) is 42.5 Å². The summed E-state index contributed by atoms with van der Waals surface area (Å²) in [6, 6.07) is 14.1. The number of aromatic hydroxyl groups is 1. The van der Waals surface area contributed by atoms with Crippen LogP contribution in [-0.4, -0.2) is 28.0 Å². The lowest BCUT2D eigenvalue weighted by atomic mass is 9.76. The number of aliphatic hydroxyl groups excluding tert-OH is 2. The van der Waals surface area contributed by atoms with E-state index in [4.69, 9.17) is 0 Å². The summed E-state index contributed by atoms with van der Waals surface area (Å²) in [5.41, 5.74) is 5.10. The Bertz CT molecular complexity index is 693. The average Bonchev–Trinajstić information content (AvgIpc) is 2.63. The molecule has 1 saturated carbocycles. The maximum Gasteiger partial charge on any atom is 0.115 e. The van der Waals surface area contributed by atoms with Crippen molar-refractivity contribution in [3.05, 3.63) is 64.7 Å². The van der Waals surface area contributed by atoms with E-state index in [9.17, 15) is 15.3 Å². The molecule has 0 saturated heterocycles. The SMILES string of the molecule is CCc1ccc(C2CC(O)CC(CO)C2)cc1Cc1ccc(O)cc1. The first-order valence-corrected chi connectivity index (χ1v) is 9.27. The van der Waals surface area contributed by atoms with Gasteiger partial charge in [0.25, 0.3) is 0 Å². The zero-order valence-electron chi connectivity index (χ0n) is 14.9. The third-order valence-electron chi connectivity index (χ3n) is 5.45. The Morgan fingerprint density at radius 2 is 1.72 bits per heavy atom. The summed E-state index contributed by atoms with van der Waals surface area (Å²) in [5.74, 6) is 0.796. The van der Waals surface area contributed by atoms with E-state index in [2.05, 4.69) is 25.1 Å². The molecule has 25 heavy (non-hydrogen) atoms. The van der Waals surface area contributed by atoms with Gasteiger partial charge in [-0.2, -0.15) is 0 Å². The molecule has 1 aliphatic carbocycles. The van der Waals surface area contributed by atoms with Gasteiger partial charge >= 0.3 is 0 Å². The lowest BCUT2D eigenvalue weighted by Crippen LogP contribution is -2.27. The van der Waals surface area contributed by atoms with E-state index in [1.54, 1.807) is 12.1 Å². The molecule has 1 aliphatic rings. The van der Waals surface area contributed by atoms with Gasteiger partial charge in [0.1, 0.15) is 5.75 Å². The number of phenolic OH excluding ortho intramolecular Hbond substituents is 1. The third kappa shape index (κ3) is 4.42. The molecule has 3 atom stereocenters. The maximum atomic E-state index is 10.1. The molecule has 134 valence electrons. The lowest BCUT2D eigenvalue weighted by Gasteiger charge is -2.32. The molecule has 0 aliphatic heterocycles. The number of hydrogen-bond donors (Lipinski definition) is 3. The molecule has 0 spiro atoms. The minimum atomic E-state index is -0.317. The van der Waals surface area contributed by atoms with Crippen molar-refractivity contribution < 1.29 is 15.3 Å². The first-order valence-electron chi connectivity index (χ1n) is 9.27. The van der Waals surface area contributed by atoms with E-state index in [1.165, 1.54) is 22.3 Å². The van der Waals surface area contributed by atoms with Crippen molar-refractivity contribution >= 4 is 0 Å². The largest absolute Gasteiger partial charge is 0.508 e. The zero-order valence-corrected chi connectivity index (χ0v) is 14.9. The van der Waals surface area contributed by atoms with Gasteiger partial charge in [0.05, 0.1) is 6.10 Å². The summed E-state index contributed by atoms with van der Waals surface area (Å²) < 4.78 is 0. The molecule has 0 radical (unpaired) electrons. The van der Waals surface area contributed by atoms with Gasteiger partial charge in [-0.15, -0.1) is 0 Å². The normalized spacial score (nSPS) is 23.6. The number of benzene rings is 2. The summed E-state index contributed by atoms with van der Waals surface area (Å²) in [6.45, 7) is 2.32. The van der Waals surface area contributed by atoms with Gasteiger partial charge in [-0.3, -0.25) is 0 Å². The molecule has 3 nitrogen and oxygen atoms in total. The van der Waals surface area contributed by atoms with Crippen LogP contribution in [0.5, 0.6) is 5.75 Å². The quantitative estimate of drug-likeness (QED) is 0.776. The molecule has 2 aromatic rings. The van der Waals surface area contributed by atoms with E-state index in [-0.39, 0.29) is 18.6 Å². The van der Waals surface area contributed by atoms with Gasteiger partial charge in [-0.05, 0) is 78.3 Å². The topological polar surface area (TPSA) is 60.7 Å². The smallest absolute Gasteiger partial charge is 0.115 e. The second-order valence-electron chi connectivity index (χ2n) is 7.33. The molecule has 3 unspecified atom stereocenters. The number of aliphatic hydroxyl groups is 2. The molecule has 0 bridgehead atoms. The molecular formula is C22H28O3. The summed E-state index contributed by atoms with van der Waals surface area (Å²) in [6.07, 6.45) is 3.94. The highest BCUT2D eigenvalue weighted by Crippen LogP contribution is 2.37. The molecule has 1 fully saturated rings.